The second kappa shape index (κ2) is 18.0. The first kappa shape index (κ1) is 32.7. The van der Waals surface area contributed by atoms with Crippen LogP contribution in [0.25, 0.3) is 0 Å². The van der Waals surface area contributed by atoms with E-state index in [2.05, 4.69) is 21.3 Å². The third-order valence-corrected chi connectivity index (χ3v) is 5.59. The summed E-state index contributed by atoms with van der Waals surface area (Å²) in [6, 6.07) is -2.20. The topological polar surface area (TPSA) is 211 Å². The van der Waals surface area contributed by atoms with Crippen LogP contribution in [0.2, 0.25) is 0 Å². The Morgan fingerprint density at radius 1 is 1.00 bits per heavy atom. The van der Waals surface area contributed by atoms with Crippen LogP contribution in [0.3, 0.4) is 0 Å². The highest BCUT2D eigenvalue weighted by Gasteiger charge is 2.24. The molecule has 0 aliphatic carbocycles. The van der Waals surface area contributed by atoms with Gasteiger partial charge in [0.1, 0.15) is 12.1 Å². The Balaban J connectivity index is 4.52. The Morgan fingerprint density at radius 2 is 1.66 bits per heavy atom. The molecule has 0 aliphatic rings. The van der Waals surface area contributed by atoms with Crippen molar-refractivity contribution in [2.45, 2.75) is 44.1 Å². The molecule has 14 nitrogen and oxygen atoms in total. The van der Waals surface area contributed by atoms with Crippen molar-refractivity contribution in [3.8, 4) is 0 Å². The molecule has 204 valence electrons. The van der Waals surface area contributed by atoms with E-state index in [-0.39, 0.29) is 44.3 Å². The van der Waals surface area contributed by atoms with Gasteiger partial charge in [-0.05, 0) is 13.8 Å². The number of hydrogen-bond donors (Lipinski definition) is 7. The first-order valence-electron chi connectivity index (χ1n) is 11.0. The van der Waals surface area contributed by atoms with E-state index in [1.165, 1.54) is 25.9 Å². The van der Waals surface area contributed by atoms with Gasteiger partial charge in [0.25, 0.3) is 0 Å². The number of ether oxygens (including phenoxy) is 3. The second-order valence-electron chi connectivity index (χ2n) is 7.90. The molecular weight excluding hydrogens is 486 g/mol. The molecule has 0 saturated carbocycles. The maximum Gasteiger partial charge on any atom is 0.407 e. The summed E-state index contributed by atoms with van der Waals surface area (Å²) in [6.45, 7) is 2.83. The van der Waals surface area contributed by atoms with Gasteiger partial charge in [0.15, 0.2) is 0 Å². The van der Waals surface area contributed by atoms with Gasteiger partial charge in [-0.25, -0.2) is 9.59 Å². The number of rotatable bonds is 17. The quantitative estimate of drug-likeness (QED) is 0.102. The number of nitrogens with two attached hydrogens (primary N) is 1. The molecule has 3 atom stereocenters. The van der Waals surface area contributed by atoms with Gasteiger partial charge in [0.2, 0.25) is 11.8 Å². The highest BCUT2D eigenvalue weighted by atomic mass is 32.2. The summed E-state index contributed by atoms with van der Waals surface area (Å²) in [6.07, 6.45) is -1.63. The van der Waals surface area contributed by atoms with E-state index in [9.17, 15) is 24.3 Å². The molecule has 0 fully saturated rings. The maximum atomic E-state index is 12.3. The van der Waals surface area contributed by atoms with Crippen LogP contribution in [-0.4, -0.2) is 117 Å². The van der Waals surface area contributed by atoms with Crippen molar-refractivity contribution in [2.24, 2.45) is 5.73 Å². The van der Waals surface area contributed by atoms with Gasteiger partial charge in [-0.1, -0.05) is 0 Å². The van der Waals surface area contributed by atoms with Gasteiger partial charge in [0.05, 0.1) is 38.1 Å². The molecule has 0 saturated heterocycles. The molecule has 0 aliphatic heterocycles. The Labute approximate surface area is 209 Å². The van der Waals surface area contributed by atoms with Crippen LogP contribution in [-0.2, 0) is 23.8 Å². The zero-order valence-electron chi connectivity index (χ0n) is 20.6. The molecule has 15 heteroatoms. The van der Waals surface area contributed by atoms with E-state index in [1.54, 1.807) is 13.8 Å². The fourth-order valence-corrected chi connectivity index (χ4v) is 3.33. The largest absolute Gasteiger partial charge is 0.449 e. The van der Waals surface area contributed by atoms with Crippen LogP contribution in [0.4, 0.5) is 9.59 Å². The molecule has 0 bridgehead atoms. The molecule has 0 spiro atoms. The minimum atomic E-state index is -1.20. The molecule has 35 heavy (non-hydrogen) atoms. The molecule has 0 rings (SSSR count). The van der Waals surface area contributed by atoms with Gasteiger partial charge in [-0.3, -0.25) is 9.59 Å². The zero-order valence-corrected chi connectivity index (χ0v) is 21.4. The van der Waals surface area contributed by atoms with Gasteiger partial charge in [-0.15, -0.1) is 0 Å². The third-order valence-electron chi connectivity index (χ3n) is 4.38. The van der Waals surface area contributed by atoms with Crippen molar-refractivity contribution in [1.29, 1.82) is 0 Å². The van der Waals surface area contributed by atoms with E-state index in [0.717, 1.165) is 0 Å². The van der Waals surface area contributed by atoms with Crippen molar-refractivity contribution in [1.82, 2.24) is 21.3 Å². The summed E-state index contributed by atoms with van der Waals surface area (Å²) in [4.78, 5) is 47.2. The second-order valence-corrected chi connectivity index (χ2v) is 8.97. The molecule has 8 N–H and O–H groups in total. The molecule has 4 amide bonds. The molecule has 0 aromatic carbocycles. The zero-order chi connectivity index (χ0) is 26.9. The number of hydrogen-bond acceptors (Lipinski definition) is 11. The molecule has 0 heterocycles. The van der Waals surface area contributed by atoms with Gasteiger partial charge < -0.3 is 51.4 Å². The van der Waals surface area contributed by atoms with Crippen molar-refractivity contribution in [3.05, 3.63) is 0 Å². The first-order valence-corrected chi connectivity index (χ1v) is 12.1. The lowest BCUT2D eigenvalue weighted by molar-refractivity contribution is -0.130. The number of aliphatic hydroxyl groups is 2. The molecule has 0 aromatic rings. The van der Waals surface area contributed by atoms with Crippen LogP contribution in [0.15, 0.2) is 0 Å². The Morgan fingerprint density at radius 3 is 2.23 bits per heavy atom. The van der Waals surface area contributed by atoms with Crippen LogP contribution >= 0.6 is 11.8 Å². The van der Waals surface area contributed by atoms with Crippen molar-refractivity contribution in [3.63, 3.8) is 0 Å². The highest BCUT2D eigenvalue weighted by molar-refractivity contribution is 7.99. The average Bonchev–Trinajstić information content (AvgIpc) is 2.84. The number of carbonyl (C=O) groups is 4. The molecule has 0 unspecified atom stereocenters. The summed E-state index contributed by atoms with van der Waals surface area (Å²) in [7, 11) is 2.83. The third kappa shape index (κ3) is 15.3. The Kier molecular flexibility index (Phi) is 16.8. The standard InChI is InChI=1S/C20H39N5O9S/c1-20(2,12-27)33-8-6-24-17(29)15(9-26)25-16(28)14(21)11-35-10-13(34-19(31)23-4)5-7-32-18(30)22-3/h13-15,26-27H,5-12,21H2,1-4H3,(H,22,30)(H,23,31)(H,24,29)(H,25,28)/t13-,14+,15+/m1/s1. The molecular formula is C20H39N5O9S. The lowest BCUT2D eigenvalue weighted by atomic mass is 10.1. The summed E-state index contributed by atoms with van der Waals surface area (Å²) in [5.41, 5.74) is 5.14. The number of aliphatic hydroxyl groups excluding tert-OH is 2. The first-order chi connectivity index (χ1) is 16.5. The van der Waals surface area contributed by atoms with Crippen LogP contribution in [0.5, 0.6) is 0 Å². The van der Waals surface area contributed by atoms with Crippen molar-refractivity contribution < 1.29 is 43.6 Å². The number of alkyl carbamates (subject to hydrolysis) is 2. The number of nitrogens with one attached hydrogen (secondary N) is 4. The minimum absolute atomic E-state index is 0.0181. The van der Waals surface area contributed by atoms with Gasteiger partial charge >= 0.3 is 12.2 Å². The van der Waals surface area contributed by atoms with Gasteiger partial charge in [-0.2, -0.15) is 11.8 Å². The van der Waals surface area contributed by atoms with Crippen molar-refractivity contribution in [2.75, 3.05) is 58.6 Å². The monoisotopic (exact) mass is 525 g/mol. The van der Waals surface area contributed by atoms with E-state index in [1.807, 2.05) is 0 Å². The van der Waals surface area contributed by atoms with E-state index in [0.29, 0.717) is 0 Å². The summed E-state index contributed by atoms with van der Waals surface area (Å²) in [5, 5.41) is 28.2. The summed E-state index contributed by atoms with van der Waals surface area (Å²) in [5.74, 6) is -0.837. The number of amides is 4. The van der Waals surface area contributed by atoms with E-state index < -0.39 is 54.4 Å². The fraction of sp³-hybridized carbons (Fsp3) is 0.800. The van der Waals surface area contributed by atoms with Crippen LogP contribution < -0.4 is 27.0 Å². The SMILES string of the molecule is CNC(=O)OCC[C@H](CSC[C@H](N)C(=O)N[C@@H](CO)C(=O)NCCOC(C)(C)CO)OC(=O)NC. The lowest BCUT2D eigenvalue weighted by Gasteiger charge is -2.23. The Hall–Kier alpha value is -2.33. The van der Waals surface area contributed by atoms with Crippen LogP contribution in [0.1, 0.15) is 20.3 Å². The van der Waals surface area contributed by atoms with Gasteiger partial charge in [0, 0.05) is 38.6 Å². The predicted octanol–water partition coefficient (Wildman–Crippen LogP) is -2.10. The predicted molar refractivity (Wildman–Crippen MR) is 129 cm³/mol. The van der Waals surface area contributed by atoms with Crippen molar-refractivity contribution >= 4 is 35.8 Å². The van der Waals surface area contributed by atoms with E-state index in [4.69, 9.17) is 25.1 Å². The average molecular weight is 526 g/mol. The van der Waals surface area contributed by atoms with Crippen LogP contribution in [0, 0.1) is 0 Å². The fourth-order valence-electron chi connectivity index (χ4n) is 2.29. The summed E-state index contributed by atoms with van der Waals surface area (Å²) >= 11 is 1.23. The highest BCUT2D eigenvalue weighted by Crippen LogP contribution is 2.11. The summed E-state index contributed by atoms with van der Waals surface area (Å²) < 4.78 is 15.5. The molecule has 0 radical (unpaired) electrons. The number of carbonyl (C=O) groups excluding carboxylic acids is 4. The molecule has 0 aromatic heterocycles. The Bertz CT molecular complexity index is 669. The van der Waals surface area contributed by atoms with E-state index >= 15 is 0 Å². The number of thioether (sulfide) groups is 1. The smallest absolute Gasteiger partial charge is 0.407 e. The normalized spacial score (nSPS) is 13.7. The minimum Gasteiger partial charge on any atom is -0.449 e. The lowest BCUT2D eigenvalue weighted by Crippen LogP contribution is -2.54. The maximum absolute atomic E-state index is 12.3.